The van der Waals surface area contributed by atoms with Crippen LogP contribution in [0.2, 0.25) is 0 Å². The molecule has 184 valence electrons. The zero-order chi connectivity index (χ0) is 25.3. The molecule has 0 saturated carbocycles. The van der Waals surface area contributed by atoms with Gasteiger partial charge in [0, 0.05) is 18.7 Å². The summed E-state index contributed by atoms with van der Waals surface area (Å²) in [5.74, 6) is -0.695. The summed E-state index contributed by atoms with van der Waals surface area (Å²) in [7, 11) is 0. The Balaban J connectivity index is 1.50. The second-order valence-corrected chi connectivity index (χ2v) is 7.89. The third kappa shape index (κ3) is 5.08. The van der Waals surface area contributed by atoms with Gasteiger partial charge in [-0.1, -0.05) is 0 Å². The fourth-order valence-corrected chi connectivity index (χ4v) is 3.75. The molecule has 0 radical (unpaired) electrons. The lowest BCUT2D eigenvalue weighted by Crippen LogP contribution is -2.30. The summed E-state index contributed by atoms with van der Waals surface area (Å²) in [6, 6.07) is 3.08. The Morgan fingerprint density at radius 2 is 2.03 bits per heavy atom. The average Bonchev–Trinajstić information content (AvgIpc) is 3.29. The molecule has 35 heavy (non-hydrogen) atoms. The van der Waals surface area contributed by atoms with Crippen molar-refractivity contribution in [3.63, 3.8) is 0 Å². The number of alkyl halides is 4. The fraction of sp³-hybridized carbons (Fsp3) is 0.273. The van der Waals surface area contributed by atoms with Crippen LogP contribution < -0.4 is 16.4 Å². The van der Waals surface area contributed by atoms with Gasteiger partial charge in [-0.25, -0.2) is 18.9 Å². The summed E-state index contributed by atoms with van der Waals surface area (Å²) in [6.07, 6.45) is -2.10. The molecule has 0 aliphatic rings. The maximum absolute atomic E-state index is 14.8. The lowest BCUT2D eigenvalue weighted by Gasteiger charge is -2.20. The predicted octanol–water partition coefficient (Wildman–Crippen LogP) is 4.13. The van der Waals surface area contributed by atoms with Crippen LogP contribution in [-0.2, 0) is 12.7 Å². The van der Waals surface area contributed by atoms with Crippen LogP contribution in [0.1, 0.15) is 18.9 Å². The molecule has 0 spiro atoms. The monoisotopic (exact) mass is 495 g/mol. The van der Waals surface area contributed by atoms with Crippen molar-refractivity contribution in [2.24, 2.45) is 0 Å². The summed E-state index contributed by atoms with van der Waals surface area (Å²) in [5.41, 5.74) is -4.04. The quantitative estimate of drug-likeness (QED) is 0.374. The molecule has 3 aromatic heterocycles. The Morgan fingerprint density at radius 3 is 2.71 bits per heavy atom. The van der Waals surface area contributed by atoms with Crippen molar-refractivity contribution < 1.29 is 26.4 Å². The number of aromatic amines is 1. The molecule has 8 nitrogen and oxygen atoms in total. The number of fused-ring (bicyclic) bond motifs is 1. The Kier molecular flexibility index (Phi) is 6.41. The van der Waals surface area contributed by atoms with Gasteiger partial charge in [0.15, 0.2) is 0 Å². The summed E-state index contributed by atoms with van der Waals surface area (Å²) >= 11 is 0. The van der Waals surface area contributed by atoms with E-state index in [1.165, 1.54) is 37.7 Å². The molecular weight excluding hydrogens is 477 g/mol. The molecule has 0 fully saturated rings. The smallest absolute Gasteiger partial charge is 0.423 e. The van der Waals surface area contributed by atoms with Gasteiger partial charge in [0.05, 0.1) is 35.6 Å². The lowest BCUT2D eigenvalue weighted by atomic mass is 10.1. The van der Waals surface area contributed by atoms with E-state index in [9.17, 15) is 31.5 Å². The maximum atomic E-state index is 14.8. The number of nitrogens with one attached hydrogen (secondary N) is 2. The number of rotatable bonds is 7. The van der Waals surface area contributed by atoms with E-state index < -0.39 is 53.1 Å². The fourth-order valence-electron chi connectivity index (χ4n) is 3.75. The van der Waals surface area contributed by atoms with Crippen LogP contribution in [-0.4, -0.2) is 32.0 Å². The molecule has 1 aromatic carbocycles. The van der Waals surface area contributed by atoms with Crippen LogP contribution in [0.3, 0.4) is 0 Å². The Bertz CT molecular complexity index is 1460. The molecular formula is C22H18F5N5O3. The number of pyridine rings is 1. The van der Waals surface area contributed by atoms with Crippen LogP contribution in [0, 0.1) is 5.82 Å². The van der Waals surface area contributed by atoms with Crippen LogP contribution >= 0.6 is 0 Å². The van der Waals surface area contributed by atoms with Crippen molar-refractivity contribution in [2.75, 3.05) is 5.32 Å². The minimum Gasteiger partial charge on any atom is -0.444 e. The highest BCUT2D eigenvalue weighted by atomic mass is 19.4. The van der Waals surface area contributed by atoms with Crippen LogP contribution in [0.25, 0.3) is 22.2 Å². The van der Waals surface area contributed by atoms with E-state index in [4.69, 9.17) is 4.42 Å². The van der Waals surface area contributed by atoms with Gasteiger partial charge < -0.3 is 14.3 Å². The highest BCUT2D eigenvalue weighted by molar-refractivity contribution is 5.85. The molecule has 4 aromatic rings. The van der Waals surface area contributed by atoms with E-state index in [1.807, 2.05) is 0 Å². The van der Waals surface area contributed by atoms with Gasteiger partial charge in [-0.3, -0.25) is 9.59 Å². The number of anilines is 1. The number of benzene rings is 1. The number of nitrogens with zero attached hydrogens (tertiary/aromatic N) is 3. The van der Waals surface area contributed by atoms with Gasteiger partial charge in [-0.2, -0.15) is 18.3 Å². The third-order valence-electron chi connectivity index (χ3n) is 5.27. The Hall–Kier alpha value is -4.03. The molecule has 0 aliphatic carbocycles. The largest absolute Gasteiger partial charge is 0.444 e. The van der Waals surface area contributed by atoms with Crippen molar-refractivity contribution in [3.05, 3.63) is 75.1 Å². The number of hydrogen-bond donors (Lipinski definition) is 2. The minimum absolute atomic E-state index is 0.0167. The predicted molar refractivity (Wildman–Crippen MR) is 116 cm³/mol. The molecule has 2 N–H and O–H groups in total. The van der Waals surface area contributed by atoms with E-state index in [-0.39, 0.29) is 23.3 Å². The SMILES string of the molecule is CC(CC(F)Cn1ccc2cc(-c3ncco3)c(F)cc2c1=O)Nc1cn[nH]c(=O)c1C(F)(F)F. The van der Waals surface area contributed by atoms with Gasteiger partial charge in [-0.05, 0) is 30.5 Å². The highest BCUT2D eigenvalue weighted by Gasteiger charge is 2.37. The molecule has 2 unspecified atom stereocenters. The molecule has 4 rings (SSSR count). The summed E-state index contributed by atoms with van der Waals surface area (Å²) in [6.45, 7) is 1.01. The molecule has 2 atom stereocenters. The number of H-pyrrole nitrogens is 1. The normalized spacial score (nSPS) is 13.7. The van der Waals surface area contributed by atoms with Crippen molar-refractivity contribution in [3.8, 4) is 11.5 Å². The van der Waals surface area contributed by atoms with E-state index in [1.54, 1.807) is 5.10 Å². The average molecular weight is 495 g/mol. The van der Waals surface area contributed by atoms with Gasteiger partial charge >= 0.3 is 6.18 Å². The molecule has 0 bridgehead atoms. The number of halogens is 5. The van der Waals surface area contributed by atoms with Crippen LogP contribution in [0.15, 0.2) is 57.1 Å². The first-order valence-electron chi connectivity index (χ1n) is 10.3. The molecule has 0 saturated heterocycles. The van der Waals surface area contributed by atoms with E-state index in [2.05, 4.69) is 15.4 Å². The molecule has 3 heterocycles. The van der Waals surface area contributed by atoms with Gasteiger partial charge in [0.1, 0.15) is 23.8 Å². The van der Waals surface area contributed by atoms with Crippen molar-refractivity contribution in [2.45, 2.75) is 38.3 Å². The minimum atomic E-state index is -4.94. The third-order valence-corrected chi connectivity index (χ3v) is 5.27. The first kappa shape index (κ1) is 24.1. The second kappa shape index (κ2) is 9.31. The zero-order valence-electron chi connectivity index (χ0n) is 18.1. The number of oxazole rings is 1. The van der Waals surface area contributed by atoms with E-state index in [0.29, 0.717) is 5.39 Å². The van der Waals surface area contributed by atoms with Crippen LogP contribution in [0.5, 0.6) is 0 Å². The molecule has 0 aliphatic heterocycles. The highest BCUT2D eigenvalue weighted by Crippen LogP contribution is 2.32. The number of hydrogen-bond acceptors (Lipinski definition) is 6. The Morgan fingerprint density at radius 1 is 1.26 bits per heavy atom. The van der Waals surface area contributed by atoms with Crippen molar-refractivity contribution >= 4 is 16.5 Å². The van der Waals surface area contributed by atoms with Gasteiger partial charge in [0.25, 0.3) is 11.1 Å². The second-order valence-electron chi connectivity index (χ2n) is 7.89. The Labute approximate surface area is 193 Å². The van der Waals surface area contributed by atoms with Crippen molar-refractivity contribution in [1.82, 2.24) is 19.7 Å². The zero-order valence-corrected chi connectivity index (χ0v) is 18.1. The maximum Gasteiger partial charge on any atom is 0.423 e. The summed E-state index contributed by atoms with van der Waals surface area (Å²) in [4.78, 5) is 28.2. The van der Waals surface area contributed by atoms with Gasteiger partial charge in [0.2, 0.25) is 5.89 Å². The summed E-state index contributed by atoms with van der Waals surface area (Å²) in [5, 5.41) is 7.93. The topological polar surface area (TPSA) is 106 Å². The first-order chi connectivity index (χ1) is 16.5. The first-order valence-corrected chi connectivity index (χ1v) is 10.3. The molecule has 13 heteroatoms. The summed E-state index contributed by atoms with van der Waals surface area (Å²) < 4.78 is 75.0. The lowest BCUT2D eigenvalue weighted by molar-refractivity contribution is -0.138. The molecule has 0 amide bonds. The van der Waals surface area contributed by atoms with E-state index >= 15 is 0 Å². The standard InChI is InChI=1S/C22H18F5N5O3/c1-11(30-17-9-29-31-19(33)18(17)22(25,26)27)6-13(23)10-32-4-2-12-7-15(20-28-3-5-35-20)16(24)8-14(12)21(32)34/h2-5,7-9,11,13H,6,10H2,1H3,(H2,30,31,33). The number of aromatic nitrogens is 4. The van der Waals surface area contributed by atoms with Crippen molar-refractivity contribution in [1.29, 1.82) is 0 Å². The van der Waals surface area contributed by atoms with E-state index in [0.717, 1.165) is 16.8 Å². The van der Waals surface area contributed by atoms with Gasteiger partial charge in [-0.15, -0.1) is 0 Å². The van der Waals surface area contributed by atoms with Crippen LogP contribution in [0.4, 0.5) is 27.6 Å².